The summed E-state index contributed by atoms with van der Waals surface area (Å²) in [4.78, 5) is 2.66. The monoisotopic (exact) mass is 279 g/mol. The van der Waals surface area contributed by atoms with Crippen molar-refractivity contribution in [3.05, 3.63) is 64.7 Å². The number of hydrogen-bond donors (Lipinski definition) is 0. The van der Waals surface area contributed by atoms with Crippen molar-refractivity contribution in [1.82, 2.24) is 4.90 Å². The third-order valence-electron chi connectivity index (χ3n) is 5.00. The van der Waals surface area contributed by atoms with Gasteiger partial charge in [0.15, 0.2) is 0 Å². The molecule has 1 atom stereocenters. The number of methoxy groups -OCH3 is 1. The largest absolute Gasteiger partial charge is 0.497 e. The number of hydrogen-bond acceptors (Lipinski definition) is 2. The summed E-state index contributed by atoms with van der Waals surface area (Å²) in [7, 11) is 1.75. The van der Waals surface area contributed by atoms with Crippen LogP contribution in [0.15, 0.2) is 42.5 Å². The first-order valence-electron chi connectivity index (χ1n) is 7.80. The maximum atomic E-state index is 5.38. The molecule has 0 fully saturated rings. The number of benzene rings is 2. The molecular formula is C19H21NO. The fraction of sp³-hybridized carbons (Fsp3) is 0.368. The lowest BCUT2D eigenvalue weighted by Crippen LogP contribution is -2.41. The van der Waals surface area contributed by atoms with Gasteiger partial charge in [-0.1, -0.05) is 30.3 Å². The Hall–Kier alpha value is -1.80. The molecule has 0 radical (unpaired) electrons. The van der Waals surface area contributed by atoms with Crippen molar-refractivity contribution >= 4 is 0 Å². The second-order valence-electron chi connectivity index (χ2n) is 6.19. The van der Waals surface area contributed by atoms with Gasteiger partial charge in [0.25, 0.3) is 0 Å². The summed E-state index contributed by atoms with van der Waals surface area (Å²) in [5.41, 5.74) is 6.01. The van der Waals surface area contributed by atoms with E-state index in [9.17, 15) is 0 Å². The Morgan fingerprint density at radius 2 is 1.76 bits per heavy atom. The molecule has 21 heavy (non-hydrogen) atoms. The van der Waals surface area contributed by atoms with E-state index in [1.54, 1.807) is 7.11 Å². The van der Waals surface area contributed by atoms with Crippen LogP contribution in [0.25, 0.3) is 0 Å². The molecule has 2 aliphatic rings. The highest BCUT2D eigenvalue weighted by Crippen LogP contribution is 2.31. The van der Waals surface area contributed by atoms with E-state index in [1.165, 1.54) is 41.6 Å². The molecule has 2 nitrogen and oxygen atoms in total. The van der Waals surface area contributed by atoms with Crippen molar-refractivity contribution in [2.45, 2.75) is 31.8 Å². The Kier molecular flexibility index (Phi) is 3.19. The fourth-order valence-corrected chi connectivity index (χ4v) is 3.79. The van der Waals surface area contributed by atoms with E-state index in [-0.39, 0.29) is 0 Å². The van der Waals surface area contributed by atoms with E-state index in [2.05, 4.69) is 47.4 Å². The van der Waals surface area contributed by atoms with Crippen molar-refractivity contribution in [2.24, 2.45) is 0 Å². The fourth-order valence-electron chi connectivity index (χ4n) is 3.79. The van der Waals surface area contributed by atoms with Crippen molar-refractivity contribution in [1.29, 1.82) is 0 Å². The zero-order valence-electron chi connectivity index (χ0n) is 12.5. The Morgan fingerprint density at radius 1 is 0.952 bits per heavy atom. The number of fused-ring (bicyclic) bond motifs is 3. The van der Waals surface area contributed by atoms with Crippen molar-refractivity contribution in [3.8, 4) is 5.75 Å². The van der Waals surface area contributed by atoms with Crippen LogP contribution in [-0.4, -0.2) is 24.6 Å². The van der Waals surface area contributed by atoms with Gasteiger partial charge in [-0.25, -0.2) is 0 Å². The normalized spacial score (nSPS) is 20.9. The van der Waals surface area contributed by atoms with Crippen LogP contribution in [0.5, 0.6) is 5.75 Å². The molecular weight excluding hydrogens is 258 g/mol. The second kappa shape index (κ2) is 5.19. The molecule has 4 rings (SSSR count). The zero-order chi connectivity index (χ0) is 14.2. The minimum absolute atomic E-state index is 0.633. The Morgan fingerprint density at radius 3 is 2.62 bits per heavy atom. The zero-order valence-corrected chi connectivity index (χ0v) is 12.5. The lowest BCUT2D eigenvalue weighted by atomic mass is 9.90. The van der Waals surface area contributed by atoms with Crippen LogP contribution in [0.1, 0.15) is 22.3 Å². The lowest BCUT2D eigenvalue weighted by molar-refractivity contribution is 0.178. The van der Waals surface area contributed by atoms with Gasteiger partial charge in [-0.3, -0.25) is 4.90 Å². The summed E-state index contributed by atoms with van der Waals surface area (Å²) in [6.45, 7) is 2.26. The third kappa shape index (κ3) is 2.34. The third-order valence-corrected chi connectivity index (χ3v) is 5.00. The van der Waals surface area contributed by atoms with E-state index >= 15 is 0 Å². The average molecular weight is 279 g/mol. The van der Waals surface area contributed by atoms with Crippen molar-refractivity contribution in [3.63, 3.8) is 0 Å². The van der Waals surface area contributed by atoms with Crippen LogP contribution in [0.3, 0.4) is 0 Å². The molecule has 2 aromatic rings. The van der Waals surface area contributed by atoms with Crippen molar-refractivity contribution in [2.75, 3.05) is 13.7 Å². The van der Waals surface area contributed by atoms with Gasteiger partial charge in [0.05, 0.1) is 7.11 Å². The Balaban J connectivity index is 1.66. The van der Waals surface area contributed by atoms with Crippen LogP contribution < -0.4 is 4.74 Å². The van der Waals surface area contributed by atoms with E-state index < -0.39 is 0 Å². The SMILES string of the molecule is COc1ccc2c(c1)CC1Cc3ccccc3CCN1C2. The minimum Gasteiger partial charge on any atom is -0.497 e. The average Bonchev–Trinajstić information content (AvgIpc) is 2.71. The molecule has 2 aliphatic heterocycles. The highest BCUT2D eigenvalue weighted by Gasteiger charge is 2.29. The first kappa shape index (κ1) is 12.9. The number of ether oxygens (including phenoxy) is 1. The first-order valence-corrected chi connectivity index (χ1v) is 7.80. The summed E-state index contributed by atoms with van der Waals surface area (Å²) in [5.74, 6) is 0.983. The van der Waals surface area contributed by atoms with Gasteiger partial charge in [0, 0.05) is 19.1 Å². The number of nitrogens with zero attached hydrogens (tertiary/aromatic N) is 1. The van der Waals surface area contributed by atoms with Crippen LogP contribution in [-0.2, 0) is 25.8 Å². The topological polar surface area (TPSA) is 12.5 Å². The molecule has 2 heteroatoms. The van der Waals surface area contributed by atoms with Gasteiger partial charge in [-0.15, -0.1) is 0 Å². The molecule has 108 valence electrons. The molecule has 0 N–H and O–H groups in total. The Bertz CT molecular complexity index is 664. The second-order valence-corrected chi connectivity index (χ2v) is 6.19. The van der Waals surface area contributed by atoms with E-state index in [0.29, 0.717) is 6.04 Å². The molecule has 0 aliphatic carbocycles. The molecule has 1 unspecified atom stereocenters. The van der Waals surface area contributed by atoms with Gasteiger partial charge in [0.1, 0.15) is 5.75 Å². The predicted molar refractivity (Wildman–Crippen MR) is 84.7 cm³/mol. The molecule has 0 spiro atoms. The summed E-state index contributed by atoms with van der Waals surface area (Å²) >= 11 is 0. The van der Waals surface area contributed by atoms with E-state index in [4.69, 9.17) is 4.74 Å². The molecule has 0 amide bonds. The molecule has 0 saturated heterocycles. The van der Waals surface area contributed by atoms with Crippen LogP contribution in [0.4, 0.5) is 0 Å². The standard InChI is InChI=1S/C19H21NO/c1-21-19-7-6-16-13-20-9-8-14-4-2-3-5-15(14)10-18(20)11-17(16)12-19/h2-7,12,18H,8-11,13H2,1H3. The van der Waals surface area contributed by atoms with E-state index in [0.717, 1.165) is 18.7 Å². The lowest BCUT2D eigenvalue weighted by Gasteiger charge is -2.35. The summed E-state index contributed by atoms with van der Waals surface area (Å²) in [6.07, 6.45) is 3.49. The first-order chi connectivity index (χ1) is 10.3. The summed E-state index contributed by atoms with van der Waals surface area (Å²) in [5, 5.41) is 0. The van der Waals surface area contributed by atoms with Crippen molar-refractivity contribution < 1.29 is 4.74 Å². The maximum Gasteiger partial charge on any atom is 0.119 e. The molecule has 0 bridgehead atoms. The quantitative estimate of drug-likeness (QED) is 0.794. The minimum atomic E-state index is 0.633. The van der Waals surface area contributed by atoms with Crippen LogP contribution >= 0.6 is 0 Å². The highest BCUT2D eigenvalue weighted by molar-refractivity contribution is 5.39. The van der Waals surface area contributed by atoms with Crippen LogP contribution in [0, 0.1) is 0 Å². The Labute approximate surface area is 126 Å². The van der Waals surface area contributed by atoms with Crippen LogP contribution in [0.2, 0.25) is 0 Å². The van der Waals surface area contributed by atoms with Gasteiger partial charge in [0.2, 0.25) is 0 Å². The summed E-state index contributed by atoms with van der Waals surface area (Å²) < 4.78 is 5.38. The predicted octanol–water partition coefficient (Wildman–Crippen LogP) is 3.22. The number of rotatable bonds is 1. The maximum absolute atomic E-state index is 5.38. The van der Waals surface area contributed by atoms with E-state index in [1.807, 2.05) is 0 Å². The smallest absolute Gasteiger partial charge is 0.119 e. The van der Waals surface area contributed by atoms with Gasteiger partial charge in [-0.2, -0.15) is 0 Å². The molecule has 0 saturated carbocycles. The molecule has 2 aromatic carbocycles. The van der Waals surface area contributed by atoms with Gasteiger partial charge in [-0.05, 0) is 53.6 Å². The van der Waals surface area contributed by atoms with Gasteiger partial charge >= 0.3 is 0 Å². The highest BCUT2D eigenvalue weighted by atomic mass is 16.5. The molecule has 2 heterocycles. The summed E-state index contributed by atoms with van der Waals surface area (Å²) in [6, 6.07) is 16.1. The molecule has 0 aromatic heterocycles. The van der Waals surface area contributed by atoms with Gasteiger partial charge < -0.3 is 4.74 Å².